The van der Waals surface area contributed by atoms with E-state index < -0.39 is 12.2 Å². The van der Waals surface area contributed by atoms with Crippen LogP contribution in [0.25, 0.3) is 66.6 Å². The number of likely N-dealkylation sites (tertiary alicyclic amines) is 1. The number of carbonyl (C=O) groups is 1. The van der Waals surface area contributed by atoms with Crippen molar-refractivity contribution in [3.05, 3.63) is 142 Å². The fourth-order valence-electron chi connectivity index (χ4n) is 11.5. The number of aromatic amines is 2. The van der Waals surface area contributed by atoms with E-state index in [9.17, 15) is 25.2 Å². The topological polar surface area (TPSA) is 266 Å². The standard InChI is InChI=1S/C31H32ClN3O6.C26H21ClN2O5.C5H11NO2/c32-23-10-25-24(33-30(34-25)41-27-13-40-28-26(38)12-39-29(27)28)9-22(23)21-7-5-20(6-8-21)19-3-1-18(2-4-19)11-35-14-31(15-35,16-36)17-37;27-19-10-21-20(28-26(29-21)34-23-13-33-24-22(31)12-32-25(23)24)9-18(19)17-7-5-16(6-8-17)15-3-1-14(11-30)2-4-15;7-3-5(4-8)1-6-2-5/h1-10,26-29,36-38H,11-17H2,(H,33,34);1-11,22-25,31H,12-13H2,(H,28,29);6-8H,1-4H2/t26-,27-,28-,29-;22-,23-,24-,25-;/m11./s1. The number of nitrogens with one attached hydrogen (secondary N) is 3. The third-order valence-electron chi connectivity index (χ3n) is 16.5. The maximum Gasteiger partial charge on any atom is 0.295 e. The van der Waals surface area contributed by atoms with Gasteiger partial charge in [-0.25, -0.2) is 0 Å². The normalized spacial score (nSPS) is 24.7. The maximum atomic E-state index is 10.9. The first kappa shape index (κ1) is 57.1. The number of carbonyl (C=O) groups excluding carboxylic acids is 1. The van der Waals surface area contributed by atoms with Crippen molar-refractivity contribution in [2.45, 2.75) is 55.4 Å². The minimum Gasteiger partial charge on any atom is -0.456 e. The Balaban J connectivity index is 0.000000146. The van der Waals surface area contributed by atoms with Gasteiger partial charge in [0, 0.05) is 60.2 Å². The van der Waals surface area contributed by atoms with Gasteiger partial charge in [0.1, 0.15) is 42.9 Å². The Hall–Kier alpha value is -6.37. The van der Waals surface area contributed by atoms with Crippen LogP contribution < -0.4 is 14.8 Å². The van der Waals surface area contributed by atoms with E-state index in [2.05, 4.69) is 78.7 Å². The molecule has 2 aromatic heterocycles. The summed E-state index contributed by atoms with van der Waals surface area (Å²) in [4.78, 5) is 28.6. The van der Waals surface area contributed by atoms with Gasteiger partial charge in [-0.1, -0.05) is 120 Å². The number of nitrogens with zero attached hydrogens (tertiary/aromatic N) is 3. The van der Waals surface area contributed by atoms with Crippen LogP contribution in [0.3, 0.4) is 0 Å². The molecular weight excluding hydrogens is 1110 g/mol. The zero-order chi connectivity index (χ0) is 57.4. The SMILES string of the molecule is O=Cc1ccc(-c2ccc(-c3cc4nc(O[C@@H]5CO[C@H]6[C@@H]5OC[C@H]6O)[nH]c4cc3Cl)cc2)cc1.OCC1(CO)CN(Cc2ccc(-c3ccc(-c4cc5nc(O[C@@H]6CO[C@H]7[C@@H]6OC[C@H]7O)[nH]c5cc4Cl)cc3)cc2)C1.OCC1(CO)CNC1. The zero-order valence-corrected chi connectivity index (χ0v) is 46.6. The van der Waals surface area contributed by atoms with Gasteiger partial charge in [-0.2, -0.15) is 9.97 Å². The van der Waals surface area contributed by atoms with Gasteiger partial charge in [-0.3, -0.25) is 9.69 Å². The van der Waals surface area contributed by atoms with Crippen LogP contribution in [-0.2, 0) is 25.5 Å². The van der Waals surface area contributed by atoms with Gasteiger partial charge in [0.15, 0.2) is 12.2 Å². The summed E-state index contributed by atoms with van der Waals surface area (Å²) in [6.07, 6.45) is -2.46. The third kappa shape index (κ3) is 11.9. The molecule has 9 N–H and O–H groups in total. The van der Waals surface area contributed by atoms with Crippen LogP contribution in [-0.4, -0.2) is 190 Å². The number of aromatic nitrogens is 4. The smallest absolute Gasteiger partial charge is 0.295 e. The molecule has 0 saturated carbocycles. The second kappa shape index (κ2) is 24.3. The van der Waals surface area contributed by atoms with Crippen LogP contribution in [0.5, 0.6) is 12.0 Å². The summed E-state index contributed by atoms with van der Waals surface area (Å²) in [5.41, 5.74) is 12.3. The third-order valence-corrected chi connectivity index (χ3v) is 17.1. The number of hydrogen-bond acceptors (Lipinski definition) is 17. The lowest BCUT2D eigenvalue weighted by molar-refractivity contribution is -0.0786. The van der Waals surface area contributed by atoms with Crippen molar-refractivity contribution >= 4 is 51.6 Å². The van der Waals surface area contributed by atoms with E-state index in [1.54, 1.807) is 12.1 Å². The van der Waals surface area contributed by atoms with Gasteiger partial charge in [0.05, 0.1) is 85.0 Å². The van der Waals surface area contributed by atoms with E-state index in [-0.39, 0.29) is 87.1 Å². The molecule has 14 rings (SSSR count). The van der Waals surface area contributed by atoms with E-state index >= 15 is 0 Å². The zero-order valence-electron chi connectivity index (χ0n) is 45.1. The summed E-state index contributed by atoms with van der Waals surface area (Å²) in [5, 5.41) is 60.3. The molecular formula is C62H64Cl2N6O13. The average Bonchev–Trinajstić information content (AvgIpc) is 4.48. The van der Waals surface area contributed by atoms with Crippen molar-refractivity contribution in [2.75, 3.05) is 79.0 Å². The summed E-state index contributed by atoms with van der Waals surface area (Å²) < 4.78 is 34.6. The first-order chi connectivity index (χ1) is 40.3. The molecule has 6 fully saturated rings. The van der Waals surface area contributed by atoms with Crippen LogP contribution in [0.15, 0.2) is 121 Å². The molecule has 6 aliphatic heterocycles. The van der Waals surface area contributed by atoms with Crippen molar-refractivity contribution in [2.24, 2.45) is 10.8 Å². The highest BCUT2D eigenvalue weighted by molar-refractivity contribution is 6.34. The van der Waals surface area contributed by atoms with Crippen molar-refractivity contribution < 1.29 is 63.9 Å². The first-order valence-electron chi connectivity index (χ1n) is 27.6. The van der Waals surface area contributed by atoms with Crippen LogP contribution in [0, 0.1) is 10.8 Å². The molecule has 83 heavy (non-hydrogen) atoms. The fraction of sp³-hybridized carbons (Fsp3) is 0.371. The number of H-pyrrole nitrogens is 2. The molecule has 0 bridgehead atoms. The lowest BCUT2D eigenvalue weighted by atomic mass is 9.81. The number of fused-ring (bicyclic) bond motifs is 4. The maximum absolute atomic E-state index is 10.9. The Labute approximate surface area is 487 Å². The van der Waals surface area contributed by atoms with Crippen molar-refractivity contribution in [1.29, 1.82) is 0 Å². The Bertz CT molecular complexity index is 3520. The Morgan fingerprint density at radius 1 is 0.542 bits per heavy atom. The Morgan fingerprint density at radius 3 is 1.33 bits per heavy atom. The summed E-state index contributed by atoms with van der Waals surface area (Å²) in [6.45, 7) is 5.10. The number of aliphatic hydroxyl groups is 6. The molecule has 0 unspecified atom stereocenters. The predicted octanol–water partition coefficient (Wildman–Crippen LogP) is 6.07. The second-order valence-electron chi connectivity index (χ2n) is 22.4. The van der Waals surface area contributed by atoms with Gasteiger partial charge < -0.3 is 74.3 Å². The predicted molar refractivity (Wildman–Crippen MR) is 311 cm³/mol. The number of hydrogen-bond donors (Lipinski definition) is 9. The Morgan fingerprint density at radius 2 is 0.940 bits per heavy atom. The van der Waals surface area contributed by atoms with Gasteiger partial charge >= 0.3 is 0 Å². The molecule has 6 aromatic carbocycles. The molecule has 0 amide bonds. The highest BCUT2D eigenvalue weighted by atomic mass is 35.5. The van der Waals surface area contributed by atoms with Crippen LogP contribution in [0.2, 0.25) is 10.0 Å². The largest absolute Gasteiger partial charge is 0.456 e. The van der Waals surface area contributed by atoms with E-state index in [1.165, 1.54) is 5.56 Å². The molecule has 21 heteroatoms. The first-order valence-corrected chi connectivity index (χ1v) is 28.4. The van der Waals surface area contributed by atoms with Crippen molar-refractivity contribution in [1.82, 2.24) is 30.2 Å². The summed E-state index contributed by atoms with van der Waals surface area (Å²) >= 11 is 13.3. The minimum atomic E-state index is -0.631. The number of benzene rings is 6. The second-order valence-corrected chi connectivity index (χ2v) is 23.2. The molecule has 19 nitrogen and oxygen atoms in total. The molecule has 6 aliphatic rings. The lowest BCUT2D eigenvalue weighted by Gasteiger charge is -2.48. The fourth-order valence-corrected chi connectivity index (χ4v) is 12.0. The van der Waals surface area contributed by atoms with Crippen molar-refractivity contribution in [3.63, 3.8) is 0 Å². The van der Waals surface area contributed by atoms with Crippen LogP contribution >= 0.6 is 23.2 Å². The number of aldehydes is 1. The number of rotatable bonds is 15. The van der Waals surface area contributed by atoms with Crippen molar-refractivity contribution in [3.8, 4) is 56.5 Å². The molecule has 0 aliphatic carbocycles. The summed E-state index contributed by atoms with van der Waals surface area (Å²) in [7, 11) is 0. The quantitative estimate of drug-likeness (QED) is 0.0527. The average molecular weight is 1170 g/mol. The lowest BCUT2D eigenvalue weighted by Crippen LogP contribution is -2.59. The number of halogens is 2. The highest BCUT2D eigenvalue weighted by Gasteiger charge is 2.50. The monoisotopic (exact) mass is 1170 g/mol. The highest BCUT2D eigenvalue weighted by Crippen LogP contribution is 2.38. The molecule has 8 aromatic rings. The molecule has 8 atom stereocenters. The van der Waals surface area contributed by atoms with E-state index in [1.807, 2.05) is 60.7 Å². The summed E-state index contributed by atoms with van der Waals surface area (Å²) in [6, 6.07) is 40.6. The molecule has 0 spiro atoms. The summed E-state index contributed by atoms with van der Waals surface area (Å²) in [5.74, 6) is 0. The molecule has 6 saturated heterocycles. The molecule has 0 radical (unpaired) electrons. The van der Waals surface area contributed by atoms with E-state index in [0.717, 1.165) is 92.5 Å². The molecule has 434 valence electrons. The number of ether oxygens (including phenoxy) is 6. The van der Waals surface area contributed by atoms with Gasteiger partial charge in [-0.15, -0.1) is 0 Å². The Kier molecular flexibility index (Phi) is 16.7. The van der Waals surface area contributed by atoms with E-state index in [4.69, 9.17) is 61.8 Å². The van der Waals surface area contributed by atoms with Gasteiger partial charge in [0.2, 0.25) is 0 Å². The van der Waals surface area contributed by atoms with Gasteiger partial charge in [-0.05, 0) is 63.2 Å². The minimum absolute atomic E-state index is 0.0183. The van der Waals surface area contributed by atoms with Crippen LogP contribution in [0.4, 0.5) is 0 Å². The van der Waals surface area contributed by atoms with Gasteiger partial charge in [0.25, 0.3) is 12.0 Å². The molecule has 8 heterocycles. The van der Waals surface area contributed by atoms with Crippen LogP contribution in [0.1, 0.15) is 15.9 Å². The number of aliphatic hydroxyl groups excluding tert-OH is 6. The number of imidazole rings is 2. The van der Waals surface area contributed by atoms with E-state index in [0.29, 0.717) is 53.9 Å².